The molecule has 2 amide bonds. The van der Waals surface area contributed by atoms with Crippen LogP contribution in [0.1, 0.15) is 56.2 Å². The first-order chi connectivity index (χ1) is 16.0. The minimum absolute atomic E-state index is 0.249. The fourth-order valence-electron chi connectivity index (χ4n) is 4.05. The Morgan fingerprint density at radius 1 is 1.06 bits per heavy atom. The molecule has 1 aliphatic rings. The van der Waals surface area contributed by atoms with Crippen LogP contribution < -0.4 is 10.7 Å². The van der Waals surface area contributed by atoms with E-state index in [-0.39, 0.29) is 17.6 Å². The van der Waals surface area contributed by atoms with Gasteiger partial charge in [0.1, 0.15) is 5.76 Å². The number of nitrogens with zero attached hydrogens (tertiary/aromatic N) is 2. The lowest BCUT2D eigenvalue weighted by atomic mass is 9.93. The molecular weight excluding hydrogens is 436 g/mol. The number of fused-ring (bicyclic) bond motifs is 2. The normalized spacial score (nSPS) is 14.3. The average molecular weight is 459 g/mol. The number of amides is 2. The van der Waals surface area contributed by atoms with Crippen LogP contribution in [0, 0.1) is 13.8 Å². The van der Waals surface area contributed by atoms with Gasteiger partial charge in [0.05, 0.1) is 15.9 Å². The molecule has 2 aromatic heterocycles. The van der Waals surface area contributed by atoms with Gasteiger partial charge in [-0.2, -0.15) is 5.10 Å². The molecule has 33 heavy (non-hydrogen) atoms. The minimum atomic E-state index is -0.343. The maximum Gasteiger partial charge on any atom is 0.293 e. The number of aryl methyl sites for hydroxylation is 2. The summed E-state index contributed by atoms with van der Waals surface area (Å²) in [5, 5.41) is 7.77. The second-order valence-corrected chi connectivity index (χ2v) is 9.05. The summed E-state index contributed by atoms with van der Waals surface area (Å²) in [6.07, 6.45) is 2.24. The number of rotatable bonds is 4. The smallest absolute Gasteiger partial charge is 0.293 e. The number of carbonyl (C=O) groups is 2. The molecule has 0 fully saturated rings. The van der Waals surface area contributed by atoms with Crippen molar-refractivity contribution in [3.8, 4) is 0 Å². The van der Waals surface area contributed by atoms with E-state index in [2.05, 4.69) is 20.8 Å². The van der Waals surface area contributed by atoms with Crippen molar-refractivity contribution in [1.29, 1.82) is 0 Å². The molecule has 0 unspecified atom stereocenters. The first kappa shape index (κ1) is 21.1. The number of thiazole rings is 1. The molecular formula is C25H22N4O3S. The Hall–Kier alpha value is -3.78. The lowest BCUT2D eigenvalue weighted by Crippen LogP contribution is -2.22. The summed E-state index contributed by atoms with van der Waals surface area (Å²) in [7, 11) is 0. The van der Waals surface area contributed by atoms with Gasteiger partial charge < -0.3 is 4.42 Å². The molecule has 0 saturated carbocycles. The van der Waals surface area contributed by atoms with Crippen molar-refractivity contribution in [3.05, 3.63) is 82.3 Å². The summed E-state index contributed by atoms with van der Waals surface area (Å²) in [5.74, 6) is 0.355. The minimum Gasteiger partial charge on any atom is -0.455 e. The summed E-state index contributed by atoms with van der Waals surface area (Å²) in [5.41, 5.74) is 7.29. The van der Waals surface area contributed by atoms with E-state index in [0.717, 1.165) is 45.7 Å². The van der Waals surface area contributed by atoms with Crippen molar-refractivity contribution >= 4 is 44.2 Å². The van der Waals surface area contributed by atoms with Gasteiger partial charge in [-0.3, -0.25) is 14.9 Å². The number of hydrazone groups is 1. The van der Waals surface area contributed by atoms with Crippen molar-refractivity contribution in [2.75, 3.05) is 5.32 Å². The number of hydrogen-bond acceptors (Lipinski definition) is 6. The fourth-order valence-corrected chi connectivity index (χ4v) is 4.91. The van der Waals surface area contributed by atoms with E-state index in [1.807, 2.05) is 56.3 Å². The topological polar surface area (TPSA) is 96.6 Å². The van der Waals surface area contributed by atoms with E-state index in [4.69, 9.17) is 4.42 Å². The summed E-state index contributed by atoms with van der Waals surface area (Å²) in [4.78, 5) is 29.9. The Morgan fingerprint density at radius 3 is 2.73 bits per heavy atom. The molecule has 0 saturated heterocycles. The molecule has 8 heteroatoms. The second-order valence-electron chi connectivity index (χ2n) is 8.02. The molecule has 2 N–H and O–H groups in total. The summed E-state index contributed by atoms with van der Waals surface area (Å²) < 4.78 is 6.96. The molecule has 2 aromatic carbocycles. The van der Waals surface area contributed by atoms with Crippen LogP contribution in [-0.4, -0.2) is 22.5 Å². The Balaban J connectivity index is 1.38. The molecule has 2 heterocycles. The molecule has 5 rings (SSSR count). The number of hydrogen-bond donors (Lipinski definition) is 2. The summed E-state index contributed by atoms with van der Waals surface area (Å²) in [6, 6.07) is 15.1. The maximum absolute atomic E-state index is 13.0. The zero-order chi connectivity index (χ0) is 22.9. The van der Waals surface area contributed by atoms with E-state index in [1.165, 1.54) is 11.3 Å². The number of para-hydroxylation sites is 1. The van der Waals surface area contributed by atoms with Gasteiger partial charge in [-0.05, 0) is 51.0 Å². The molecule has 0 aliphatic heterocycles. The third kappa shape index (κ3) is 4.17. The van der Waals surface area contributed by atoms with Gasteiger partial charge in [-0.15, -0.1) is 0 Å². The van der Waals surface area contributed by atoms with Gasteiger partial charge in [0.25, 0.3) is 11.8 Å². The lowest BCUT2D eigenvalue weighted by Gasteiger charge is -2.13. The Labute approximate surface area is 194 Å². The number of anilines is 1. The Bertz CT molecular complexity index is 1380. The monoisotopic (exact) mass is 458 g/mol. The van der Waals surface area contributed by atoms with E-state index >= 15 is 0 Å². The van der Waals surface area contributed by atoms with Gasteiger partial charge in [0.15, 0.2) is 10.9 Å². The van der Waals surface area contributed by atoms with E-state index in [1.54, 1.807) is 6.07 Å². The van der Waals surface area contributed by atoms with E-state index in [9.17, 15) is 9.59 Å². The predicted molar refractivity (Wildman–Crippen MR) is 129 cm³/mol. The van der Waals surface area contributed by atoms with Crippen LogP contribution in [0.2, 0.25) is 0 Å². The maximum atomic E-state index is 13.0. The second kappa shape index (κ2) is 8.63. The first-order valence-electron chi connectivity index (χ1n) is 10.7. The van der Waals surface area contributed by atoms with Crippen LogP contribution in [-0.2, 0) is 6.42 Å². The fraction of sp³-hybridized carbons (Fsp3) is 0.200. The SMILES string of the molecule is Cc1cccc(C(=O)N/N=C2\CCCc3oc(C(=O)Nc4nc5ccccc5s4)c(C)c32)c1. The highest BCUT2D eigenvalue weighted by Gasteiger charge is 2.28. The van der Waals surface area contributed by atoms with Crippen LogP contribution in [0.3, 0.4) is 0 Å². The molecule has 0 spiro atoms. The van der Waals surface area contributed by atoms with Gasteiger partial charge in [0.2, 0.25) is 0 Å². The molecule has 4 aromatic rings. The highest BCUT2D eigenvalue weighted by Crippen LogP contribution is 2.31. The van der Waals surface area contributed by atoms with Crippen LogP contribution >= 0.6 is 11.3 Å². The van der Waals surface area contributed by atoms with Crippen molar-refractivity contribution in [2.24, 2.45) is 5.10 Å². The molecule has 0 atom stereocenters. The number of carbonyl (C=O) groups excluding carboxylic acids is 2. The first-order valence-corrected chi connectivity index (χ1v) is 11.5. The standard InChI is InChI=1S/C25H22N4O3S/c1-14-7-5-8-16(13-14)23(30)29-28-18-10-6-11-19-21(18)15(2)22(32-19)24(31)27-25-26-17-9-3-4-12-20(17)33-25/h3-5,7-9,12-13H,6,10-11H2,1-2H3,(H,29,30)(H,26,27,31)/b28-18+. The van der Waals surface area contributed by atoms with Crippen molar-refractivity contribution in [2.45, 2.75) is 33.1 Å². The van der Waals surface area contributed by atoms with Crippen LogP contribution in [0.15, 0.2) is 58.0 Å². The molecule has 166 valence electrons. The van der Waals surface area contributed by atoms with Crippen molar-refractivity contribution in [3.63, 3.8) is 0 Å². The van der Waals surface area contributed by atoms with E-state index < -0.39 is 0 Å². The predicted octanol–water partition coefficient (Wildman–Crippen LogP) is 5.23. The molecule has 0 radical (unpaired) electrons. The van der Waals surface area contributed by atoms with Gasteiger partial charge in [-0.1, -0.05) is 41.2 Å². The third-order valence-corrected chi connectivity index (χ3v) is 6.57. The highest BCUT2D eigenvalue weighted by molar-refractivity contribution is 7.22. The number of nitrogens with one attached hydrogen (secondary N) is 2. The molecule has 0 bridgehead atoms. The largest absolute Gasteiger partial charge is 0.455 e. The third-order valence-electron chi connectivity index (χ3n) is 5.62. The van der Waals surface area contributed by atoms with Crippen LogP contribution in [0.25, 0.3) is 10.2 Å². The molecule has 7 nitrogen and oxygen atoms in total. The quantitative estimate of drug-likeness (QED) is 0.409. The van der Waals surface area contributed by atoms with Gasteiger partial charge >= 0.3 is 0 Å². The van der Waals surface area contributed by atoms with Crippen molar-refractivity contribution < 1.29 is 14.0 Å². The van der Waals surface area contributed by atoms with Gasteiger partial charge in [0, 0.05) is 23.1 Å². The lowest BCUT2D eigenvalue weighted by molar-refractivity contribution is 0.0953. The zero-order valence-corrected chi connectivity index (χ0v) is 19.1. The Morgan fingerprint density at radius 2 is 1.91 bits per heavy atom. The highest BCUT2D eigenvalue weighted by atomic mass is 32.1. The summed E-state index contributed by atoms with van der Waals surface area (Å²) >= 11 is 1.42. The number of furan rings is 1. The Kier molecular flexibility index (Phi) is 5.51. The van der Waals surface area contributed by atoms with Crippen LogP contribution in [0.4, 0.5) is 5.13 Å². The number of aromatic nitrogens is 1. The average Bonchev–Trinajstić information content (AvgIpc) is 3.38. The molecule has 1 aliphatic carbocycles. The number of benzene rings is 2. The summed E-state index contributed by atoms with van der Waals surface area (Å²) in [6.45, 7) is 3.78. The van der Waals surface area contributed by atoms with Crippen LogP contribution in [0.5, 0.6) is 0 Å². The van der Waals surface area contributed by atoms with Gasteiger partial charge in [-0.25, -0.2) is 10.4 Å². The van der Waals surface area contributed by atoms with Crippen molar-refractivity contribution in [1.82, 2.24) is 10.4 Å². The van der Waals surface area contributed by atoms with E-state index in [0.29, 0.717) is 22.7 Å². The zero-order valence-electron chi connectivity index (χ0n) is 18.3.